The third kappa shape index (κ3) is 3.11. The minimum absolute atomic E-state index is 0.169. The van der Waals surface area contributed by atoms with Crippen molar-refractivity contribution in [2.45, 2.75) is 31.2 Å². The lowest BCUT2D eigenvalue weighted by molar-refractivity contribution is 0.0471. The molecule has 0 heterocycles. The van der Waals surface area contributed by atoms with Crippen molar-refractivity contribution in [3.63, 3.8) is 0 Å². The lowest BCUT2D eigenvalue weighted by Crippen LogP contribution is -2.48. The van der Waals surface area contributed by atoms with Crippen molar-refractivity contribution in [1.82, 2.24) is 5.32 Å². The van der Waals surface area contributed by atoms with Gasteiger partial charge >= 0.3 is 0 Å². The van der Waals surface area contributed by atoms with Gasteiger partial charge in [-0.25, -0.2) is 0 Å². The number of aliphatic hydroxyl groups is 4. The Balaban J connectivity index is 1.91. The van der Waals surface area contributed by atoms with Gasteiger partial charge in [-0.05, 0) is 51.2 Å². The lowest BCUT2D eigenvalue weighted by Gasteiger charge is -2.27. The number of hydrogen-bond donors (Lipinski definition) is 5. The largest absolute Gasteiger partial charge is 0.394 e. The van der Waals surface area contributed by atoms with Crippen LogP contribution in [0.15, 0.2) is 48.5 Å². The fourth-order valence-electron chi connectivity index (χ4n) is 3.84. The number of aliphatic hydroxyl groups excluding tert-OH is 4. The monoisotopic (exact) mass is 379 g/mol. The molecule has 0 aliphatic heterocycles. The molecule has 5 nitrogen and oxygen atoms in total. The van der Waals surface area contributed by atoms with Crippen molar-refractivity contribution < 1.29 is 20.4 Å². The predicted molar refractivity (Wildman–Crippen MR) is 111 cm³/mol. The van der Waals surface area contributed by atoms with Gasteiger partial charge in [0.2, 0.25) is 0 Å². The number of nitrogens with one attached hydrogen (secondary N) is 1. The van der Waals surface area contributed by atoms with Crippen LogP contribution in [0.2, 0.25) is 0 Å². The highest BCUT2D eigenvalue weighted by atomic mass is 16.3. The first-order valence-corrected chi connectivity index (χ1v) is 9.46. The van der Waals surface area contributed by atoms with Crippen LogP contribution in [0.1, 0.15) is 29.7 Å². The molecule has 4 rings (SSSR count). The molecule has 0 unspecified atom stereocenters. The highest BCUT2D eigenvalue weighted by Gasteiger charge is 2.25. The van der Waals surface area contributed by atoms with Crippen LogP contribution in [0.4, 0.5) is 0 Å². The van der Waals surface area contributed by atoms with Crippen LogP contribution in [-0.4, -0.2) is 45.3 Å². The normalized spacial score (nSPS) is 19.3. The van der Waals surface area contributed by atoms with Crippen molar-refractivity contribution in [2.75, 3.05) is 13.2 Å². The van der Waals surface area contributed by atoms with Crippen molar-refractivity contribution in [3.05, 3.63) is 65.2 Å². The first kappa shape index (κ1) is 19.1. The molecule has 1 aliphatic rings. The van der Waals surface area contributed by atoms with Gasteiger partial charge in [-0.1, -0.05) is 48.6 Å². The zero-order valence-electron chi connectivity index (χ0n) is 15.8. The molecule has 3 aromatic carbocycles. The Hall–Kier alpha value is -2.28. The van der Waals surface area contributed by atoms with Gasteiger partial charge < -0.3 is 25.7 Å². The van der Waals surface area contributed by atoms with E-state index >= 15 is 0 Å². The number of fused-ring (bicyclic) bond motifs is 5. The van der Waals surface area contributed by atoms with E-state index in [1.165, 1.54) is 0 Å². The summed E-state index contributed by atoms with van der Waals surface area (Å²) in [5.41, 5.74) is 1.90. The molecule has 0 spiro atoms. The fourth-order valence-corrected chi connectivity index (χ4v) is 3.84. The molecule has 0 bridgehead atoms. The van der Waals surface area contributed by atoms with Crippen molar-refractivity contribution in [2.24, 2.45) is 0 Å². The molecule has 0 fully saturated rings. The van der Waals surface area contributed by atoms with E-state index in [0.29, 0.717) is 12.1 Å². The molecule has 0 saturated heterocycles. The molecule has 1 aliphatic carbocycles. The molecule has 0 aromatic heterocycles. The number of rotatable bonds is 5. The summed E-state index contributed by atoms with van der Waals surface area (Å²) in [7, 11) is 0. The van der Waals surface area contributed by atoms with E-state index < -0.39 is 17.7 Å². The van der Waals surface area contributed by atoms with Crippen LogP contribution in [-0.2, 0) is 6.54 Å². The molecule has 3 aromatic rings. The second-order valence-electron chi connectivity index (χ2n) is 7.77. The van der Waals surface area contributed by atoms with E-state index in [1.54, 1.807) is 13.0 Å². The van der Waals surface area contributed by atoms with Crippen molar-refractivity contribution in [1.29, 1.82) is 0 Å². The molecule has 0 amide bonds. The maximum absolute atomic E-state index is 10.4. The van der Waals surface area contributed by atoms with E-state index in [1.807, 2.05) is 30.3 Å². The van der Waals surface area contributed by atoms with E-state index in [2.05, 4.69) is 23.5 Å². The summed E-state index contributed by atoms with van der Waals surface area (Å²) >= 11 is 0. The van der Waals surface area contributed by atoms with Crippen molar-refractivity contribution in [3.8, 4) is 0 Å². The average Bonchev–Trinajstić information content (AvgIpc) is 2.74. The summed E-state index contributed by atoms with van der Waals surface area (Å²) in [6, 6.07) is 14.1. The molecular formula is C23H25NO4. The second-order valence-corrected chi connectivity index (χ2v) is 7.77. The summed E-state index contributed by atoms with van der Waals surface area (Å²) in [6.45, 7) is 1.92. The second kappa shape index (κ2) is 7.28. The number of benzene rings is 3. The third-order valence-corrected chi connectivity index (χ3v) is 5.71. The zero-order chi connectivity index (χ0) is 19.9. The highest BCUT2D eigenvalue weighted by molar-refractivity contribution is 6.11. The Kier molecular flexibility index (Phi) is 4.95. The number of hydrogen-bond acceptors (Lipinski definition) is 5. The lowest BCUT2D eigenvalue weighted by atomic mass is 9.86. The molecule has 0 radical (unpaired) electrons. The topological polar surface area (TPSA) is 93.0 Å². The Labute approximate surface area is 163 Å². The average molecular weight is 379 g/mol. The molecule has 5 N–H and O–H groups in total. The van der Waals surface area contributed by atoms with E-state index in [9.17, 15) is 20.4 Å². The predicted octanol–water partition coefficient (Wildman–Crippen LogP) is 2.25. The Bertz CT molecular complexity index is 1060. The van der Waals surface area contributed by atoms with E-state index in [0.717, 1.165) is 32.7 Å². The summed E-state index contributed by atoms with van der Waals surface area (Å²) in [5, 5.41) is 47.0. The first-order valence-electron chi connectivity index (χ1n) is 9.46. The van der Waals surface area contributed by atoms with Crippen LogP contribution < -0.4 is 5.32 Å². The van der Waals surface area contributed by atoms with Gasteiger partial charge in [0, 0.05) is 6.54 Å². The van der Waals surface area contributed by atoms with Crippen LogP contribution in [0, 0.1) is 0 Å². The van der Waals surface area contributed by atoms with Gasteiger partial charge in [0.1, 0.15) is 12.2 Å². The highest BCUT2D eigenvalue weighted by Crippen LogP contribution is 2.37. The minimum Gasteiger partial charge on any atom is -0.394 e. The summed E-state index contributed by atoms with van der Waals surface area (Å²) in [4.78, 5) is 0. The van der Waals surface area contributed by atoms with Crippen molar-refractivity contribution >= 4 is 27.6 Å². The van der Waals surface area contributed by atoms with Gasteiger partial charge in [-0.2, -0.15) is 0 Å². The zero-order valence-corrected chi connectivity index (χ0v) is 15.8. The van der Waals surface area contributed by atoms with Gasteiger partial charge in [0.15, 0.2) is 0 Å². The van der Waals surface area contributed by atoms with Gasteiger partial charge in [-0.3, -0.25) is 0 Å². The summed E-state index contributed by atoms with van der Waals surface area (Å²) < 4.78 is 0. The Morgan fingerprint density at radius 3 is 2.32 bits per heavy atom. The fraction of sp³-hybridized carbons (Fsp3) is 0.304. The van der Waals surface area contributed by atoms with Gasteiger partial charge in [0.05, 0.1) is 18.8 Å². The minimum atomic E-state index is -0.940. The van der Waals surface area contributed by atoms with Gasteiger partial charge in [-0.15, -0.1) is 0 Å². The maximum atomic E-state index is 10.4. The van der Waals surface area contributed by atoms with E-state index in [-0.39, 0.29) is 13.2 Å². The summed E-state index contributed by atoms with van der Waals surface area (Å²) in [6.07, 6.45) is 1.65. The molecule has 146 valence electrons. The van der Waals surface area contributed by atoms with Crippen LogP contribution in [0.5, 0.6) is 0 Å². The smallest absolute Gasteiger partial charge is 0.109 e. The van der Waals surface area contributed by atoms with Crippen LogP contribution >= 0.6 is 0 Å². The quantitative estimate of drug-likeness (QED) is 0.439. The van der Waals surface area contributed by atoms with Crippen LogP contribution in [0.3, 0.4) is 0 Å². The Morgan fingerprint density at radius 2 is 1.61 bits per heavy atom. The molecular weight excluding hydrogens is 354 g/mol. The third-order valence-electron chi connectivity index (χ3n) is 5.71. The van der Waals surface area contributed by atoms with Gasteiger partial charge in [0.25, 0.3) is 0 Å². The molecule has 5 heteroatoms. The van der Waals surface area contributed by atoms with Crippen LogP contribution in [0.25, 0.3) is 27.6 Å². The Morgan fingerprint density at radius 1 is 0.929 bits per heavy atom. The SMILES string of the molecule is CC(CO)(CO)NCc1cc2c3c(ccc2c2ccccc12)[C@H](O)[C@@H](O)C=C3. The first-order chi connectivity index (χ1) is 13.5. The summed E-state index contributed by atoms with van der Waals surface area (Å²) in [5.74, 6) is 0. The molecule has 0 saturated carbocycles. The van der Waals surface area contributed by atoms with E-state index in [4.69, 9.17) is 0 Å². The standard InChI is InChI=1S/C23H25NO4/c1-23(12-25,13-26)24-11-14-10-20-17(16-5-3-2-4-15(14)16)6-7-19-18(20)8-9-21(27)22(19)28/h2-10,21-22,24-28H,11-13H2,1H3/t21-,22-/m0/s1. The molecule has 28 heavy (non-hydrogen) atoms. The maximum Gasteiger partial charge on any atom is 0.109 e. The molecule has 2 atom stereocenters.